The summed E-state index contributed by atoms with van der Waals surface area (Å²) in [5, 5.41) is 10.0. The van der Waals surface area contributed by atoms with Crippen LogP contribution in [0.3, 0.4) is 0 Å². The number of hydrogen-bond acceptors (Lipinski definition) is 4. The van der Waals surface area contributed by atoms with Gasteiger partial charge in [0.05, 0.1) is 0 Å². The van der Waals surface area contributed by atoms with E-state index in [4.69, 9.17) is 12.6 Å². The van der Waals surface area contributed by atoms with E-state index in [2.05, 4.69) is 11.5 Å². The molecular formula is C25H24N2O2S. The number of nitrogens with zero attached hydrogens (tertiary/aromatic N) is 2. The Bertz CT molecular complexity index is 1040. The van der Waals surface area contributed by atoms with Gasteiger partial charge < -0.3 is 10.0 Å². The number of benzene rings is 3. The van der Waals surface area contributed by atoms with E-state index in [1.54, 1.807) is 23.1 Å². The standard InChI is InChI=1S/C25H24N2O2S/c1-2-20-15-21(13-14-22(20)28)23-24(29)27(17-19-11-7-4-8-12-19)25(30)26(23)16-18-9-5-3-6-10-18/h2-15,23,25,28,30H,1,16-17H2. The number of carbonyl (C=O) groups is 1. The van der Waals surface area contributed by atoms with Crippen LogP contribution in [0.25, 0.3) is 6.08 Å². The van der Waals surface area contributed by atoms with Crippen molar-refractivity contribution in [1.82, 2.24) is 9.80 Å². The Morgan fingerprint density at radius 3 is 2.13 bits per heavy atom. The first kappa shape index (κ1) is 20.3. The summed E-state index contributed by atoms with van der Waals surface area (Å²) >= 11 is 4.84. The van der Waals surface area contributed by atoms with Crippen LogP contribution < -0.4 is 0 Å². The average molecular weight is 417 g/mol. The maximum absolute atomic E-state index is 13.6. The van der Waals surface area contributed by atoms with Gasteiger partial charge in [0.15, 0.2) is 0 Å². The molecule has 1 fully saturated rings. The number of hydrogen-bond donors (Lipinski definition) is 2. The number of rotatable bonds is 6. The third-order valence-electron chi connectivity index (χ3n) is 5.41. The fourth-order valence-corrected chi connectivity index (χ4v) is 4.28. The van der Waals surface area contributed by atoms with Gasteiger partial charge >= 0.3 is 0 Å². The monoisotopic (exact) mass is 416 g/mol. The van der Waals surface area contributed by atoms with Crippen LogP contribution in [-0.2, 0) is 17.9 Å². The van der Waals surface area contributed by atoms with E-state index in [9.17, 15) is 9.90 Å². The van der Waals surface area contributed by atoms with Gasteiger partial charge in [0.1, 0.15) is 17.3 Å². The summed E-state index contributed by atoms with van der Waals surface area (Å²) in [5.41, 5.74) is 3.22. The molecular weight excluding hydrogens is 392 g/mol. The van der Waals surface area contributed by atoms with Crippen molar-refractivity contribution in [2.45, 2.75) is 24.6 Å². The molecule has 0 aliphatic carbocycles. The molecule has 3 aromatic rings. The lowest BCUT2D eigenvalue weighted by atomic mass is 10.0. The van der Waals surface area contributed by atoms with Crippen LogP contribution in [0.1, 0.15) is 28.3 Å². The molecule has 0 saturated carbocycles. The van der Waals surface area contributed by atoms with Gasteiger partial charge in [-0.05, 0) is 28.8 Å². The van der Waals surface area contributed by atoms with Gasteiger partial charge in [-0.2, -0.15) is 0 Å². The van der Waals surface area contributed by atoms with E-state index in [0.717, 1.165) is 16.7 Å². The second-order valence-corrected chi connectivity index (χ2v) is 7.84. The Morgan fingerprint density at radius 2 is 1.53 bits per heavy atom. The lowest BCUT2D eigenvalue weighted by Gasteiger charge is -2.28. The zero-order chi connectivity index (χ0) is 21.1. The highest BCUT2D eigenvalue weighted by atomic mass is 32.1. The molecule has 1 saturated heterocycles. The van der Waals surface area contributed by atoms with Gasteiger partial charge in [-0.15, -0.1) is 12.6 Å². The predicted molar refractivity (Wildman–Crippen MR) is 123 cm³/mol. The van der Waals surface area contributed by atoms with Crippen molar-refractivity contribution in [2.24, 2.45) is 0 Å². The van der Waals surface area contributed by atoms with Crippen molar-refractivity contribution in [3.8, 4) is 5.75 Å². The first-order valence-corrected chi connectivity index (χ1v) is 10.4. The number of phenolic OH excluding ortho intramolecular Hbond substituents is 1. The molecule has 2 unspecified atom stereocenters. The molecule has 0 radical (unpaired) electrons. The molecule has 30 heavy (non-hydrogen) atoms. The summed E-state index contributed by atoms with van der Waals surface area (Å²) in [6.07, 6.45) is 1.60. The summed E-state index contributed by atoms with van der Waals surface area (Å²) in [6, 6.07) is 24.8. The van der Waals surface area contributed by atoms with Crippen LogP contribution in [-0.4, -0.2) is 26.3 Å². The lowest BCUT2D eigenvalue weighted by Crippen LogP contribution is -2.34. The van der Waals surface area contributed by atoms with Crippen molar-refractivity contribution >= 4 is 24.6 Å². The molecule has 1 heterocycles. The summed E-state index contributed by atoms with van der Waals surface area (Å²) < 4.78 is 0. The lowest BCUT2D eigenvalue weighted by molar-refractivity contribution is -0.130. The highest BCUT2D eigenvalue weighted by molar-refractivity contribution is 7.80. The molecule has 5 heteroatoms. The van der Waals surface area contributed by atoms with Crippen molar-refractivity contribution in [1.29, 1.82) is 0 Å². The molecule has 0 spiro atoms. The van der Waals surface area contributed by atoms with Gasteiger partial charge in [0.25, 0.3) is 0 Å². The van der Waals surface area contributed by atoms with Crippen LogP contribution in [0, 0.1) is 0 Å². The Morgan fingerprint density at radius 1 is 0.933 bits per heavy atom. The van der Waals surface area contributed by atoms with Crippen LogP contribution >= 0.6 is 12.6 Å². The first-order chi connectivity index (χ1) is 14.6. The van der Waals surface area contributed by atoms with E-state index >= 15 is 0 Å². The highest BCUT2D eigenvalue weighted by Crippen LogP contribution is 2.38. The second kappa shape index (κ2) is 8.78. The van der Waals surface area contributed by atoms with E-state index in [1.165, 1.54) is 0 Å². The summed E-state index contributed by atoms with van der Waals surface area (Å²) in [6.45, 7) is 4.84. The molecule has 1 amide bonds. The molecule has 0 bridgehead atoms. The van der Waals surface area contributed by atoms with Crippen LogP contribution in [0.4, 0.5) is 0 Å². The normalized spacial score (nSPS) is 19.2. The molecule has 1 N–H and O–H groups in total. The predicted octanol–water partition coefficient (Wildman–Crippen LogP) is 4.83. The molecule has 1 aliphatic rings. The van der Waals surface area contributed by atoms with E-state index in [0.29, 0.717) is 18.7 Å². The van der Waals surface area contributed by atoms with Gasteiger partial charge in [0.2, 0.25) is 5.91 Å². The molecule has 2 atom stereocenters. The number of phenols is 1. The van der Waals surface area contributed by atoms with E-state index in [1.807, 2.05) is 66.7 Å². The van der Waals surface area contributed by atoms with E-state index in [-0.39, 0.29) is 17.2 Å². The Labute approximate surface area is 182 Å². The summed E-state index contributed by atoms with van der Waals surface area (Å²) in [7, 11) is 0. The third kappa shape index (κ3) is 3.99. The van der Waals surface area contributed by atoms with Crippen molar-refractivity contribution in [2.75, 3.05) is 0 Å². The minimum Gasteiger partial charge on any atom is -0.507 e. The number of carbonyl (C=O) groups excluding carboxylic acids is 1. The first-order valence-electron chi connectivity index (χ1n) is 9.86. The van der Waals surface area contributed by atoms with Crippen molar-refractivity contribution < 1.29 is 9.90 Å². The fourth-order valence-electron chi connectivity index (χ4n) is 3.87. The van der Waals surface area contributed by atoms with Gasteiger partial charge in [-0.25, -0.2) is 0 Å². The quantitative estimate of drug-likeness (QED) is 0.566. The molecule has 4 rings (SSSR count). The maximum atomic E-state index is 13.6. The largest absolute Gasteiger partial charge is 0.507 e. The third-order valence-corrected chi connectivity index (χ3v) is 5.99. The average Bonchev–Trinajstić information content (AvgIpc) is 3.00. The van der Waals surface area contributed by atoms with E-state index < -0.39 is 6.04 Å². The smallest absolute Gasteiger partial charge is 0.246 e. The molecule has 4 nitrogen and oxygen atoms in total. The second-order valence-electron chi connectivity index (χ2n) is 7.38. The SMILES string of the molecule is C=Cc1cc(C2C(=O)N(Cc3ccccc3)C(S)N2Cc2ccccc2)ccc1O. The van der Waals surface area contributed by atoms with Crippen molar-refractivity contribution in [3.63, 3.8) is 0 Å². The zero-order valence-electron chi connectivity index (χ0n) is 16.6. The van der Waals surface area contributed by atoms with Gasteiger partial charge in [-0.1, -0.05) is 79.4 Å². The molecule has 0 aromatic heterocycles. The fraction of sp³-hybridized carbons (Fsp3) is 0.160. The topological polar surface area (TPSA) is 43.8 Å². The van der Waals surface area contributed by atoms with Crippen LogP contribution in [0.5, 0.6) is 5.75 Å². The maximum Gasteiger partial charge on any atom is 0.246 e. The zero-order valence-corrected chi connectivity index (χ0v) is 17.5. The number of aromatic hydroxyl groups is 1. The minimum atomic E-state index is -0.490. The van der Waals surface area contributed by atoms with Crippen LogP contribution in [0.15, 0.2) is 85.4 Å². The summed E-state index contributed by atoms with van der Waals surface area (Å²) in [5.74, 6) is 0.146. The summed E-state index contributed by atoms with van der Waals surface area (Å²) in [4.78, 5) is 17.4. The number of thiol groups is 1. The molecule has 3 aromatic carbocycles. The Balaban J connectivity index is 1.71. The molecule has 1 aliphatic heterocycles. The van der Waals surface area contributed by atoms with Crippen molar-refractivity contribution in [3.05, 3.63) is 108 Å². The van der Waals surface area contributed by atoms with Gasteiger partial charge in [-0.3, -0.25) is 9.69 Å². The van der Waals surface area contributed by atoms with Crippen LogP contribution in [0.2, 0.25) is 0 Å². The molecule has 152 valence electrons. The minimum absolute atomic E-state index is 0.00418. The number of amides is 1. The highest BCUT2D eigenvalue weighted by Gasteiger charge is 2.45. The Kier molecular flexibility index (Phi) is 5.93. The van der Waals surface area contributed by atoms with Gasteiger partial charge in [0, 0.05) is 18.7 Å². The Hall–Kier alpha value is -3.02.